The fourth-order valence-corrected chi connectivity index (χ4v) is 10.4. The van der Waals surface area contributed by atoms with Crippen LogP contribution < -0.4 is 24.8 Å². The summed E-state index contributed by atoms with van der Waals surface area (Å²) in [7, 11) is -2.47. The number of aromatic nitrogens is 2. The van der Waals surface area contributed by atoms with Crippen LogP contribution in [-0.2, 0) is 30.6 Å². The van der Waals surface area contributed by atoms with Crippen molar-refractivity contribution in [3.05, 3.63) is 64.7 Å². The number of carbonyl (C=O) groups excluding carboxylic acids is 3. The summed E-state index contributed by atoms with van der Waals surface area (Å²) in [5, 5.41) is 9.19. The number of nitrogens with one attached hydrogen (secondary N) is 3. The van der Waals surface area contributed by atoms with Gasteiger partial charge in [-0.3, -0.25) is 19.1 Å². The molecule has 340 valence electrons. The third-order valence-corrected chi connectivity index (χ3v) is 15.7. The van der Waals surface area contributed by atoms with Crippen molar-refractivity contribution in [2.75, 3.05) is 19.0 Å². The molecule has 2 saturated carbocycles. The van der Waals surface area contributed by atoms with Crippen LogP contribution in [-0.4, -0.2) is 83.1 Å². The van der Waals surface area contributed by atoms with E-state index in [0.29, 0.717) is 52.4 Å². The molecule has 0 spiro atoms. The number of alkyl halides is 3. The SMILES string of the molecule is CCC1CC1(NC(=O)C1CC(Oc2cc(-c3nc(C(C)C)cs3)nc3c(C)c(OC)ccc23)CN1C(=O)C(Nc1cccc(C(F)(F)F)c1)C(C)(C)C)C(=O)NS(=O)(=O)C1(C)CC1. The Bertz CT molecular complexity index is 2550. The van der Waals surface area contributed by atoms with Crippen LogP contribution >= 0.6 is 11.3 Å². The van der Waals surface area contributed by atoms with Crippen molar-refractivity contribution in [2.24, 2.45) is 11.3 Å². The van der Waals surface area contributed by atoms with Crippen molar-refractivity contribution < 1.29 is 45.4 Å². The minimum Gasteiger partial charge on any atom is -0.496 e. The Morgan fingerprint density at radius 3 is 2.35 bits per heavy atom. The number of anilines is 1. The molecular weight excluding hydrogens is 858 g/mol. The van der Waals surface area contributed by atoms with E-state index in [0.717, 1.165) is 23.4 Å². The van der Waals surface area contributed by atoms with E-state index >= 15 is 0 Å². The van der Waals surface area contributed by atoms with Gasteiger partial charge in [0.1, 0.15) is 45.9 Å². The lowest BCUT2D eigenvalue weighted by Crippen LogP contribution is -2.59. The third-order valence-electron chi connectivity index (χ3n) is 12.6. The molecule has 3 heterocycles. The van der Waals surface area contributed by atoms with Crippen molar-refractivity contribution in [3.63, 3.8) is 0 Å². The van der Waals surface area contributed by atoms with Gasteiger partial charge in [0, 0.05) is 34.5 Å². The number of benzene rings is 2. The van der Waals surface area contributed by atoms with Gasteiger partial charge < -0.3 is 25.0 Å². The first-order valence-corrected chi connectivity index (χ1v) is 23.5. The molecule has 5 atom stereocenters. The summed E-state index contributed by atoms with van der Waals surface area (Å²) in [5.41, 5.74) is -0.459. The standard InChI is InChI=1S/C45H55F3N6O7S2/c1-10-26-21-44(26,41(57)53-63(58,59)43(8)16-17-43)52-38(55)33-19-29(22-54(33)40(56)37(42(5,6)7)49-28-13-11-12-27(18-28)45(46,47)48)61-35-20-31(39-51-32(23-62-39)24(2)3)50-36-25(4)34(60-9)15-14-30(35)36/h11-15,18,20,23-24,26,29,33,37,49H,10,16-17,19,21-22H2,1-9H3,(H,52,55)(H,53,57). The molecule has 3 aliphatic rings. The topological polar surface area (TPSA) is 169 Å². The van der Waals surface area contributed by atoms with Gasteiger partial charge in [-0.1, -0.05) is 54.0 Å². The predicted octanol–water partition coefficient (Wildman–Crippen LogP) is 7.98. The van der Waals surface area contributed by atoms with Gasteiger partial charge in [-0.2, -0.15) is 13.2 Å². The predicted molar refractivity (Wildman–Crippen MR) is 235 cm³/mol. The number of sulfonamides is 1. The molecule has 1 aliphatic heterocycles. The van der Waals surface area contributed by atoms with Crippen LogP contribution in [0.5, 0.6) is 11.5 Å². The Morgan fingerprint density at radius 2 is 1.76 bits per heavy atom. The molecule has 3 amide bonds. The van der Waals surface area contributed by atoms with Crippen LogP contribution in [0.25, 0.3) is 21.6 Å². The Labute approximate surface area is 370 Å². The smallest absolute Gasteiger partial charge is 0.416 e. The number of hydrogen-bond donors (Lipinski definition) is 3. The number of halogens is 3. The minimum absolute atomic E-state index is 0.0358. The average molecular weight is 913 g/mol. The lowest BCUT2D eigenvalue weighted by atomic mass is 9.85. The summed E-state index contributed by atoms with van der Waals surface area (Å²) in [4.78, 5) is 54.7. The molecule has 3 N–H and O–H groups in total. The Balaban J connectivity index is 1.26. The van der Waals surface area contributed by atoms with Gasteiger partial charge in [-0.05, 0) is 80.7 Å². The van der Waals surface area contributed by atoms with Gasteiger partial charge in [0.05, 0.1) is 35.2 Å². The Morgan fingerprint density at radius 1 is 1.05 bits per heavy atom. The molecule has 13 nitrogen and oxygen atoms in total. The van der Waals surface area contributed by atoms with E-state index in [1.165, 1.54) is 28.4 Å². The Kier molecular flexibility index (Phi) is 12.1. The van der Waals surface area contributed by atoms with E-state index in [4.69, 9.17) is 19.4 Å². The maximum atomic E-state index is 15.0. The zero-order valence-corrected chi connectivity index (χ0v) is 38.5. The first kappa shape index (κ1) is 46.0. The molecule has 7 rings (SSSR count). The number of likely N-dealkylation sites (tertiary alicyclic amines) is 1. The van der Waals surface area contributed by atoms with Crippen LogP contribution in [0.1, 0.15) is 103 Å². The fourth-order valence-electron chi connectivity index (χ4n) is 8.19. The van der Waals surface area contributed by atoms with Crippen LogP contribution in [0.3, 0.4) is 0 Å². The highest BCUT2D eigenvalue weighted by Gasteiger charge is 2.63. The second-order valence-corrected chi connectivity index (χ2v) is 21.7. The highest BCUT2D eigenvalue weighted by Crippen LogP contribution is 2.48. The lowest BCUT2D eigenvalue weighted by Gasteiger charge is -2.36. The summed E-state index contributed by atoms with van der Waals surface area (Å²) in [6, 6.07) is 7.60. The number of aryl methyl sites for hydroxylation is 1. The second-order valence-electron chi connectivity index (χ2n) is 18.7. The number of thiazole rings is 1. The minimum atomic E-state index is -4.63. The summed E-state index contributed by atoms with van der Waals surface area (Å²) >= 11 is 1.44. The molecule has 1 saturated heterocycles. The van der Waals surface area contributed by atoms with Gasteiger partial charge in [-0.25, -0.2) is 18.4 Å². The highest BCUT2D eigenvalue weighted by molar-refractivity contribution is 7.91. The van der Waals surface area contributed by atoms with Crippen LogP contribution in [0, 0.1) is 18.3 Å². The molecule has 18 heteroatoms. The van der Waals surface area contributed by atoms with E-state index < -0.39 is 73.4 Å². The molecule has 63 heavy (non-hydrogen) atoms. The number of carbonyl (C=O) groups is 3. The summed E-state index contributed by atoms with van der Waals surface area (Å²) < 4.78 is 81.3. The van der Waals surface area contributed by atoms with Gasteiger partial charge in [0.25, 0.3) is 5.91 Å². The molecule has 4 aromatic rings. The number of methoxy groups -OCH3 is 1. The van der Waals surface area contributed by atoms with Crippen molar-refractivity contribution in [3.8, 4) is 22.2 Å². The van der Waals surface area contributed by atoms with Gasteiger partial charge in [0.2, 0.25) is 21.8 Å². The maximum Gasteiger partial charge on any atom is 0.416 e. The lowest BCUT2D eigenvalue weighted by molar-refractivity contribution is -0.141. The molecular formula is C45H55F3N6O7S2. The number of amides is 3. The molecule has 0 radical (unpaired) electrons. The third kappa shape index (κ3) is 9.06. The number of nitrogens with zero attached hydrogens (tertiary/aromatic N) is 3. The number of fused-ring (bicyclic) bond motifs is 1. The zero-order chi connectivity index (χ0) is 46.0. The fraction of sp³-hybridized carbons (Fsp3) is 0.533. The van der Waals surface area contributed by atoms with Crippen LogP contribution in [0.2, 0.25) is 0 Å². The van der Waals surface area contributed by atoms with Crippen molar-refractivity contribution >= 4 is 55.7 Å². The Hall–Kier alpha value is -4.97. The molecule has 3 fully saturated rings. The molecule has 2 aliphatic carbocycles. The van der Waals surface area contributed by atoms with E-state index in [1.807, 2.05) is 39.1 Å². The number of pyridine rings is 1. The molecule has 2 aromatic carbocycles. The van der Waals surface area contributed by atoms with Crippen molar-refractivity contribution in [2.45, 2.75) is 128 Å². The average Bonchev–Trinajstić information content (AvgIpc) is 4.00. The van der Waals surface area contributed by atoms with Gasteiger partial charge >= 0.3 is 6.18 Å². The van der Waals surface area contributed by atoms with Crippen molar-refractivity contribution in [1.82, 2.24) is 24.9 Å². The van der Waals surface area contributed by atoms with E-state index in [2.05, 4.69) is 15.4 Å². The maximum absolute atomic E-state index is 15.0. The second kappa shape index (κ2) is 16.5. The normalized spacial score (nSPS) is 22.4. The molecule has 0 bridgehead atoms. The number of rotatable bonds is 14. The largest absolute Gasteiger partial charge is 0.496 e. The van der Waals surface area contributed by atoms with E-state index in [9.17, 15) is 36.0 Å². The van der Waals surface area contributed by atoms with E-state index in [-0.39, 0.29) is 36.9 Å². The van der Waals surface area contributed by atoms with Gasteiger partial charge in [0.15, 0.2) is 0 Å². The summed E-state index contributed by atoms with van der Waals surface area (Å²) in [6.45, 7) is 14.5. The molecule has 5 unspecified atom stereocenters. The first-order chi connectivity index (χ1) is 29.4. The van der Waals surface area contributed by atoms with E-state index in [1.54, 1.807) is 46.9 Å². The number of ether oxygens (including phenoxy) is 2. The summed E-state index contributed by atoms with van der Waals surface area (Å²) in [6.07, 6.45) is -4.00. The zero-order valence-electron chi connectivity index (χ0n) is 36.9. The summed E-state index contributed by atoms with van der Waals surface area (Å²) in [5.74, 6) is -1.26. The van der Waals surface area contributed by atoms with Crippen molar-refractivity contribution in [1.29, 1.82) is 0 Å². The quantitative estimate of drug-likeness (QED) is 0.113. The molecule has 2 aromatic heterocycles. The van der Waals surface area contributed by atoms with Gasteiger partial charge in [-0.15, -0.1) is 11.3 Å². The monoisotopic (exact) mass is 912 g/mol. The van der Waals surface area contributed by atoms with Crippen LogP contribution in [0.15, 0.2) is 47.8 Å². The van der Waals surface area contributed by atoms with Crippen LogP contribution in [0.4, 0.5) is 18.9 Å². The number of hydrogen-bond acceptors (Lipinski definition) is 11. The highest BCUT2D eigenvalue weighted by atomic mass is 32.2. The first-order valence-electron chi connectivity index (χ1n) is 21.1.